The number of aliphatic hydroxyl groups is 1. The van der Waals surface area contributed by atoms with Crippen molar-refractivity contribution in [1.29, 1.82) is 0 Å². The molecule has 1 aromatic heterocycles. The summed E-state index contributed by atoms with van der Waals surface area (Å²) in [6.07, 6.45) is -0.371. The van der Waals surface area contributed by atoms with Crippen LogP contribution in [0.25, 0.3) is 5.69 Å². The molecule has 8 nitrogen and oxygen atoms in total. The Kier molecular flexibility index (Phi) is 5.88. The number of hydrogen-bond donors (Lipinski definition) is 1. The highest BCUT2D eigenvalue weighted by molar-refractivity contribution is 5.68. The lowest BCUT2D eigenvalue weighted by Gasteiger charge is -2.37. The Morgan fingerprint density at radius 1 is 1.17 bits per heavy atom. The first kappa shape index (κ1) is 20.8. The summed E-state index contributed by atoms with van der Waals surface area (Å²) in [6, 6.07) is 6.79. The second-order valence-corrected chi connectivity index (χ2v) is 7.82. The minimum atomic E-state index is -0.562. The van der Waals surface area contributed by atoms with Gasteiger partial charge in [0.2, 0.25) is 0 Å². The number of aliphatic hydroxyl groups excluding tert-OH is 1. The van der Waals surface area contributed by atoms with Gasteiger partial charge >= 0.3 is 6.09 Å². The van der Waals surface area contributed by atoms with Gasteiger partial charge in [-0.2, -0.15) is 9.78 Å². The Morgan fingerprint density at radius 3 is 2.34 bits per heavy atom. The van der Waals surface area contributed by atoms with Crippen LogP contribution < -0.4 is 10.5 Å². The third-order valence-corrected chi connectivity index (χ3v) is 4.48. The average molecular weight is 404 g/mol. The molecule has 0 unspecified atom stereocenters. The van der Waals surface area contributed by atoms with Crippen molar-refractivity contribution < 1.29 is 19.0 Å². The molecule has 0 atom stereocenters. The predicted octanol–water partition coefficient (Wildman–Crippen LogP) is 1.92. The van der Waals surface area contributed by atoms with Crippen molar-refractivity contribution >= 4 is 11.8 Å². The second kappa shape index (κ2) is 8.20. The number of carbonyl (C=O) groups is 1. The minimum absolute atomic E-state index is 0.333. The van der Waals surface area contributed by atoms with E-state index in [2.05, 4.69) is 5.10 Å². The smallest absolute Gasteiger partial charge is 0.410 e. The Balaban J connectivity index is 1.78. The average Bonchev–Trinajstić information content (AvgIpc) is 2.67. The van der Waals surface area contributed by atoms with Gasteiger partial charge in [-0.15, -0.1) is 0 Å². The molecular weight excluding hydrogens is 379 g/mol. The van der Waals surface area contributed by atoms with Crippen LogP contribution in [-0.4, -0.2) is 57.7 Å². The van der Waals surface area contributed by atoms with Crippen LogP contribution in [0.4, 0.5) is 14.9 Å². The molecule has 0 aliphatic carbocycles. The summed E-state index contributed by atoms with van der Waals surface area (Å²) < 4.78 is 19.7. The van der Waals surface area contributed by atoms with Crippen LogP contribution in [0, 0.1) is 5.82 Å². The molecule has 9 heteroatoms. The molecule has 156 valence electrons. The Morgan fingerprint density at radius 2 is 1.79 bits per heavy atom. The molecule has 29 heavy (non-hydrogen) atoms. The number of rotatable bonds is 3. The maximum Gasteiger partial charge on any atom is 0.410 e. The number of piperazine rings is 1. The lowest BCUT2D eigenvalue weighted by atomic mass is 10.2. The number of aromatic nitrogens is 2. The van der Waals surface area contributed by atoms with Crippen LogP contribution >= 0.6 is 0 Å². The van der Waals surface area contributed by atoms with E-state index in [4.69, 9.17) is 4.74 Å². The lowest BCUT2D eigenvalue weighted by Crippen LogP contribution is -2.50. The van der Waals surface area contributed by atoms with Crippen LogP contribution in [0.15, 0.2) is 35.1 Å². The van der Waals surface area contributed by atoms with E-state index in [-0.39, 0.29) is 12.7 Å². The topological polar surface area (TPSA) is 87.9 Å². The zero-order chi connectivity index (χ0) is 21.2. The van der Waals surface area contributed by atoms with Crippen molar-refractivity contribution in [3.8, 4) is 5.69 Å². The molecule has 3 rings (SSSR count). The fourth-order valence-corrected chi connectivity index (χ4v) is 3.09. The first-order chi connectivity index (χ1) is 13.7. The first-order valence-corrected chi connectivity index (χ1v) is 9.41. The van der Waals surface area contributed by atoms with E-state index in [0.29, 0.717) is 43.2 Å². The van der Waals surface area contributed by atoms with Crippen molar-refractivity contribution in [2.75, 3.05) is 31.1 Å². The number of ether oxygens (including phenoxy) is 1. The largest absolute Gasteiger partial charge is 0.444 e. The summed E-state index contributed by atoms with van der Waals surface area (Å²) in [5, 5.41) is 14.0. The van der Waals surface area contributed by atoms with Gasteiger partial charge in [-0.25, -0.2) is 9.18 Å². The molecular formula is C20H25FN4O4. The van der Waals surface area contributed by atoms with Crippen LogP contribution in [0.5, 0.6) is 0 Å². The molecule has 2 aromatic rings. The molecule has 1 saturated heterocycles. The molecule has 1 aromatic carbocycles. The highest BCUT2D eigenvalue weighted by atomic mass is 19.1. The molecule has 0 spiro atoms. The number of amides is 1. The SMILES string of the molecule is CC(C)(C)OC(=O)N1CCN(c2cc(=O)n(-c3ccc(F)cc3)nc2CO)CC1. The number of nitrogens with zero attached hydrogens (tertiary/aromatic N) is 4. The van der Waals surface area contributed by atoms with E-state index in [1.54, 1.807) is 4.90 Å². The standard InChI is InChI=1S/C20H25FN4O4/c1-20(2,3)29-19(28)24-10-8-23(9-11-24)17-12-18(27)25(22-16(17)13-26)15-6-4-14(21)5-7-15/h4-7,12,26H,8-11,13H2,1-3H3. The molecule has 0 bridgehead atoms. The summed E-state index contributed by atoms with van der Waals surface area (Å²) >= 11 is 0. The second-order valence-electron chi connectivity index (χ2n) is 7.82. The van der Waals surface area contributed by atoms with Crippen LogP contribution in [-0.2, 0) is 11.3 Å². The molecule has 0 saturated carbocycles. The lowest BCUT2D eigenvalue weighted by molar-refractivity contribution is 0.0240. The highest BCUT2D eigenvalue weighted by Gasteiger charge is 2.27. The van der Waals surface area contributed by atoms with Gasteiger partial charge in [0.15, 0.2) is 0 Å². The molecule has 1 aliphatic heterocycles. The summed E-state index contributed by atoms with van der Waals surface area (Å²) in [7, 11) is 0. The van der Waals surface area contributed by atoms with Crippen LogP contribution in [0.3, 0.4) is 0 Å². The number of benzene rings is 1. The fourth-order valence-electron chi connectivity index (χ4n) is 3.09. The monoisotopic (exact) mass is 404 g/mol. The number of anilines is 1. The molecule has 1 N–H and O–H groups in total. The summed E-state index contributed by atoms with van der Waals surface area (Å²) in [5.41, 5.74) is 0.317. The third-order valence-electron chi connectivity index (χ3n) is 4.48. The van der Waals surface area contributed by atoms with Crippen LogP contribution in [0.1, 0.15) is 26.5 Å². The molecule has 1 aliphatic rings. The van der Waals surface area contributed by atoms with E-state index in [1.807, 2.05) is 25.7 Å². The summed E-state index contributed by atoms with van der Waals surface area (Å²) in [4.78, 5) is 28.3. The summed E-state index contributed by atoms with van der Waals surface area (Å²) in [5.74, 6) is -0.413. The van der Waals surface area contributed by atoms with Crippen molar-refractivity contribution in [3.05, 3.63) is 52.2 Å². The predicted molar refractivity (Wildman–Crippen MR) is 106 cm³/mol. The van der Waals surface area contributed by atoms with E-state index in [0.717, 1.165) is 4.68 Å². The first-order valence-electron chi connectivity index (χ1n) is 9.41. The van der Waals surface area contributed by atoms with Gasteiger partial charge in [0.25, 0.3) is 5.56 Å². The van der Waals surface area contributed by atoms with Gasteiger partial charge in [0.05, 0.1) is 18.0 Å². The third kappa shape index (κ3) is 4.92. The minimum Gasteiger partial charge on any atom is -0.444 e. The Bertz CT molecular complexity index is 929. The van der Waals surface area contributed by atoms with E-state index in [9.17, 15) is 19.1 Å². The van der Waals surface area contributed by atoms with E-state index < -0.39 is 17.0 Å². The Labute approximate surface area is 168 Å². The van der Waals surface area contributed by atoms with Crippen LogP contribution in [0.2, 0.25) is 0 Å². The molecule has 1 fully saturated rings. The van der Waals surface area contributed by atoms with E-state index in [1.165, 1.54) is 30.3 Å². The number of halogens is 1. The van der Waals surface area contributed by atoms with Gasteiger partial charge in [0.1, 0.15) is 17.1 Å². The normalized spacial score (nSPS) is 14.8. The van der Waals surface area contributed by atoms with Crippen molar-refractivity contribution in [1.82, 2.24) is 14.7 Å². The van der Waals surface area contributed by atoms with Crippen molar-refractivity contribution in [2.45, 2.75) is 33.0 Å². The van der Waals surface area contributed by atoms with Gasteiger partial charge in [-0.1, -0.05) is 0 Å². The molecule has 2 heterocycles. The van der Waals surface area contributed by atoms with Gasteiger partial charge in [-0.3, -0.25) is 4.79 Å². The fraction of sp³-hybridized carbons (Fsp3) is 0.450. The highest BCUT2D eigenvalue weighted by Crippen LogP contribution is 2.20. The molecule has 0 radical (unpaired) electrons. The van der Waals surface area contributed by atoms with Gasteiger partial charge in [0, 0.05) is 32.2 Å². The number of hydrogen-bond acceptors (Lipinski definition) is 6. The quantitative estimate of drug-likeness (QED) is 0.841. The maximum atomic E-state index is 13.1. The molecule has 1 amide bonds. The maximum absolute atomic E-state index is 13.1. The summed E-state index contributed by atoms with van der Waals surface area (Å²) in [6.45, 7) is 6.91. The number of carbonyl (C=O) groups excluding carboxylic acids is 1. The van der Waals surface area contributed by atoms with Crippen molar-refractivity contribution in [2.24, 2.45) is 0 Å². The van der Waals surface area contributed by atoms with Gasteiger partial charge < -0.3 is 19.6 Å². The van der Waals surface area contributed by atoms with Crippen molar-refractivity contribution in [3.63, 3.8) is 0 Å². The zero-order valence-corrected chi connectivity index (χ0v) is 16.8. The van der Waals surface area contributed by atoms with Gasteiger partial charge in [-0.05, 0) is 45.0 Å². The zero-order valence-electron chi connectivity index (χ0n) is 16.8. The van der Waals surface area contributed by atoms with E-state index >= 15 is 0 Å². The Hall–Kier alpha value is -2.94.